The van der Waals surface area contributed by atoms with Crippen molar-refractivity contribution in [2.75, 3.05) is 18.4 Å². The first-order valence-corrected chi connectivity index (χ1v) is 8.49. The van der Waals surface area contributed by atoms with Crippen LogP contribution in [0.4, 0.5) is 5.69 Å². The smallest absolute Gasteiger partial charge is 0.242 e. The molecule has 0 amide bonds. The van der Waals surface area contributed by atoms with Gasteiger partial charge in [-0.1, -0.05) is 39.8 Å². The van der Waals surface area contributed by atoms with E-state index in [0.29, 0.717) is 23.7 Å². The molecule has 0 aliphatic carbocycles. The number of hydrogen-bond acceptors (Lipinski definition) is 3. The average Bonchev–Trinajstić information content (AvgIpc) is 2.36. The summed E-state index contributed by atoms with van der Waals surface area (Å²) in [6, 6.07) is 6.98. The third kappa shape index (κ3) is 4.49. The van der Waals surface area contributed by atoms with Crippen molar-refractivity contribution in [1.82, 2.24) is 4.72 Å². The summed E-state index contributed by atoms with van der Waals surface area (Å²) < 4.78 is 27.5. The fourth-order valence-corrected chi connectivity index (χ4v) is 2.97. The molecule has 0 heterocycles. The van der Waals surface area contributed by atoms with Gasteiger partial charge in [0.2, 0.25) is 10.0 Å². The van der Waals surface area contributed by atoms with Crippen LogP contribution in [0, 0.1) is 11.3 Å². The number of nitrogens with one attached hydrogen (secondary N) is 2. The summed E-state index contributed by atoms with van der Waals surface area (Å²) in [7, 11) is -3.48. The molecule has 0 aromatic heterocycles. The molecule has 114 valence electrons. The van der Waals surface area contributed by atoms with Gasteiger partial charge in [0.15, 0.2) is 0 Å². The van der Waals surface area contributed by atoms with E-state index in [1.165, 1.54) is 0 Å². The molecule has 0 spiro atoms. The monoisotopic (exact) mass is 298 g/mol. The predicted octanol–water partition coefficient (Wildman–Crippen LogP) is 3.08. The second-order valence-electron chi connectivity index (χ2n) is 6.15. The number of sulfonamides is 1. The molecule has 5 heteroatoms. The SMILES string of the molecule is CCNc1ccccc1S(=O)(=O)NCC(C)C(C)(C)C. The van der Waals surface area contributed by atoms with Crippen molar-refractivity contribution in [3.8, 4) is 0 Å². The van der Waals surface area contributed by atoms with Crippen LogP contribution in [0.1, 0.15) is 34.6 Å². The first-order valence-electron chi connectivity index (χ1n) is 7.01. The predicted molar refractivity (Wildman–Crippen MR) is 84.4 cm³/mol. The second-order valence-corrected chi connectivity index (χ2v) is 7.88. The third-order valence-corrected chi connectivity index (χ3v) is 5.08. The van der Waals surface area contributed by atoms with E-state index >= 15 is 0 Å². The molecule has 1 rings (SSSR count). The van der Waals surface area contributed by atoms with Gasteiger partial charge >= 0.3 is 0 Å². The molecule has 0 radical (unpaired) electrons. The normalized spacial score (nSPS) is 14.1. The summed E-state index contributed by atoms with van der Waals surface area (Å²) in [6.07, 6.45) is 0. The molecule has 0 saturated carbocycles. The third-order valence-electron chi connectivity index (χ3n) is 3.60. The van der Waals surface area contributed by atoms with Crippen LogP contribution in [0.2, 0.25) is 0 Å². The van der Waals surface area contributed by atoms with E-state index in [0.717, 1.165) is 0 Å². The standard InChI is InChI=1S/C15H26N2O2S/c1-6-16-13-9-7-8-10-14(13)20(18,19)17-11-12(2)15(3,4)5/h7-10,12,16-17H,6,11H2,1-5H3. The maximum atomic E-state index is 12.4. The van der Waals surface area contributed by atoms with Crippen molar-refractivity contribution in [3.05, 3.63) is 24.3 Å². The van der Waals surface area contributed by atoms with E-state index < -0.39 is 10.0 Å². The first kappa shape index (κ1) is 17.0. The van der Waals surface area contributed by atoms with Crippen molar-refractivity contribution >= 4 is 15.7 Å². The number of para-hydroxylation sites is 1. The zero-order valence-electron chi connectivity index (χ0n) is 13.0. The lowest BCUT2D eigenvalue weighted by Gasteiger charge is -2.27. The van der Waals surface area contributed by atoms with Gasteiger partial charge in [0.25, 0.3) is 0 Å². The summed E-state index contributed by atoms with van der Waals surface area (Å²) in [6.45, 7) is 11.4. The fourth-order valence-electron chi connectivity index (χ4n) is 1.66. The molecular weight excluding hydrogens is 272 g/mol. The highest BCUT2D eigenvalue weighted by molar-refractivity contribution is 7.89. The Bertz CT molecular complexity index is 533. The molecular formula is C15H26N2O2S. The average molecular weight is 298 g/mol. The highest BCUT2D eigenvalue weighted by atomic mass is 32.2. The molecule has 1 unspecified atom stereocenters. The molecule has 0 aliphatic heterocycles. The molecule has 4 nitrogen and oxygen atoms in total. The van der Waals surface area contributed by atoms with Crippen LogP contribution in [0.15, 0.2) is 29.2 Å². The summed E-state index contributed by atoms with van der Waals surface area (Å²) >= 11 is 0. The highest BCUT2D eigenvalue weighted by Crippen LogP contribution is 2.26. The van der Waals surface area contributed by atoms with Gasteiger partial charge < -0.3 is 5.32 Å². The number of anilines is 1. The van der Waals surface area contributed by atoms with Crippen LogP contribution in [0.5, 0.6) is 0 Å². The molecule has 0 fully saturated rings. The molecule has 1 aromatic carbocycles. The van der Waals surface area contributed by atoms with Gasteiger partial charge in [-0.15, -0.1) is 0 Å². The Morgan fingerprint density at radius 3 is 2.35 bits per heavy atom. The second kappa shape index (κ2) is 6.59. The lowest BCUT2D eigenvalue weighted by Crippen LogP contribution is -2.34. The van der Waals surface area contributed by atoms with E-state index in [-0.39, 0.29) is 11.3 Å². The Morgan fingerprint density at radius 1 is 1.20 bits per heavy atom. The molecule has 1 aromatic rings. The molecule has 20 heavy (non-hydrogen) atoms. The van der Waals surface area contributed by atoms with E-state index in [9.17, 15) is 8.42 Å². The van der Waals surface area contributed by atoms with Crippen LogP contribution in [-0.4, -0.2) is 21.5 Å². The largest absolute Gasteiger partial charge is 0.384 e. The lowest BCUT2D eigenvalue weighted by atomic mass is 9.82. The summed E-state index contributed by atoms with van der Waals surface area (Å²) in [5.74, 6) is 0.253. The number of rotatable bonds is 6. The maximum absolute atomic E-state index is 12.4. The highest BCUT2D eigenvalue weighted by Gasteiger charge is 2.23. The minimum Gasteiger partial charge on any atom is -0.384 e. The van der Waals surface area contributed by atoms with Crippen molar-refractivity contribution < 1.29 is 8.42 Å². The van der Waals surface area contributed by atoms with Crippen molar-refractivity contribution in [2.45, 2.75) is 39.5 Å². The summed E-state index contributed by atoms with van der Waals surface area (Å²) in [5, 5.41) is 3.08. The van der Waals surface area contributed by atoms with Gasteiger partial charge in [-0.05, 0) is 30.4 Å². The molecule has 0 bridgehead atoms. The topological polar surface area (TPSA) is 58.2 Å². The van der Waals surface area contributed by atoms with Gasteiger partial charge in [-0.2, -0.15) is 0 Å². The fraction of sp³-hybridized carbons (Fsp3) is 0.600. The zero-order valence-corrected chi connectivity index (χ0v) is 13.8. The van der Waals surface area contributed by atoms with Gasteiger partial charge in [-0.25, -0.2) is 13.1 Å². The van der Waals surface area contributed by atoms with E-state index in [1.807, 2.05) is 13.0 Å². The van der Waals surface area contributed by atoms with Crippen LogP contribution < -0.4 is 10.0 Å². The van der Waals surface area contributed by atoms with E-state index in [2.05, 4.69) is 37.7 Å². The van der Waals surface area contributed by atoms with Crippen molar-refractivity contribution in [3.63, 3.8) is 0 Å². The number of hydrogen-bond donors (Lipinski definition) is 2. The van der Waals surface area contributed by atoms with Gasteiger partial charge in [-0.3, -0.25) is 0 Å². The van der Waals surface area contributed by atoms with Crippen LogP contribution in [0.3, 0.4) is 0 Å². The van der Waals surface area contributed by atoms with E-state index in [4.69, 9.17) is 0 Å². The van der Waals surface area contributed by atoms with Crippen LogP contribution >= 0.6 is 0 Å². The van der Waals surface area contributed by atoms with Crippen molar-refractivity contribution in [2.24, 2.45) is 11.3 Å². The Balaban J connectivity index is 2.90. The summed E-state index contributed by atoms with van der Waals surface area (Å²) in [5.41, 5.74) is 0.717. The Kier molecular flexibility index (Phi) is 5.59. The maximum Gasteiger partial charge on any atom is 0.242 e. The Labute approximate surface area is 123 Å². The quantitative estimate of drug-likeness (QED) is 0.848. The van der Waals surface area contributed by atoms with E-state index in [1.54, 1.807) is 18.2 Å². The summed E-state index contributed by atoms with van der Waals surface area (Å²) in [4.78, 5) is 0.308. The first-order chi connectivity index (χ1) is 9.18. The minimum atomic E-state index is -3.48. The number of benzene rings is 1. The lowest BCUT2D eigenvalue weighted by molar-refractivity contribution is 0.263. The van der Waals surface area contributed by atoms with Crippen LogP contribution in [-0.2, 0) is 10.0 Å². The van der Waals surface area contributed by atoms with Gasteiger partial charge in [0, 0.05) is 13.1 Å². The molecule has 0 saturated heterocycles. The Morgan fingerprint density at radius 2 is 1.80 bits per heavy atom. The van der Waals surface area contributed by atoms with Crippen LogP contribution in [0.25, 0.3) is 0 Å². The Hall–Kier alpha value is -1.07. The molecule has 1 atom stereocenters. The zero-order chi connectivity index (χ0) is 15.4. The minimum absolute atomic E-state index is 0.0731. The molecule has 0 aliphatic rings. The van der Waals surface area contributed by atoms with Crippen molar-refractivity contribution in [1.29, 1.82) is 0 Å². The molecule has 2 N–H and O–H groups in total. The van der Waals surface area contributed by atoms with Gasteiger partial charge in [0.05, 0.1) is 5.69 Å². The van der Waals surface area contributed by atoms with Gasteiger partial charge in [0.1, 0.15) is 4.90 Å².